The minimum absolute atomic E-state index is 0.558. The van der Waals surface area contributed by atoms with E-state index in [2.05, 4.69) is 16.5 Å². The minimum Gasteiger partial charge on any atom is -0.383 e. The molecule has 2 rings (SSSR count). The quantitative estimate of drug-likeness (QED) is 0.739. The third kappa shape index (κ3) is 1.40. The lowest BCUT2D eigenvalue weighted by Gasteiger charge is -1.98. The first-order valence-corrected chi connectivity index (χ1v) is 4.79. The topological polar surface area (TPSA) is 51.8 Å². The second-order valence-electron chi connectivity index (χ2n) is 2.66. The molecule has 0 aliphatic heterocycles. The number of fused-ring (bicyclic) bond motifs is 1. The van der Waals surface area contributed by atoms with E-state index in [0.717, 1.165) is 16.0 Å². The van der Waals surface area contributed by atoms with E-state index < -0.39 is 0 Å². The fraction of sp³-hybridized carbons (Fsp3) is 0.111. The molecule has 2 aromatic heterocycles. The maximum Gasteiger partial charge on any atom is 0.136 e. The van der Waals surface area contributed by atoms with Gasteiger partial charge in [-0.05, 0) is 11.4 Å². The average molecular weight is 191 g/mol. The number of allylic oxidation sites excluding steroid dienone is 1. The van der Waals surface area contributed by atoms with E-state index in [-0.39, 0.29) is 0 Å². The van der Waals surface area contributed by atoms with Gasteiger partial charge in [-0.2, -0.15) is 0 Å². The summed E-state index contributed by atoms with van der Waals surface area (Å²) in [4.78, 5) is 9.46. The Labute approximate surface area is 79.9 Å². The summed E-state index contributed by atoms with van der Waals surface area (Å²) in [5.74, 6) is 1.30. The molecule has 0 bridgehead atoms. The second kappa shape index (κ2) is 3.14. The molecule has 0 unspecified atom stereocenters. The number of thiophene rings is 1. The number of anilines is 1. The summed E-state index contributed by atoms with van der Waals surface area (Å²) in [6.07, 6.45) is 2.44. The van der Waals surface area contributed by atoms with E-state index in [9.17, 15) is 0 Å². The van der Waals surface area contributed by atoms with Crippen LogP contribution in [0.1, 0.15) is 5.82 Å². The van der Waals surface area contributed by atoms with Gasteiger partial charge in [-0.1, -0.05) is 6.08 Å². The van der Waals surface area contributed by atoms with Gasteiger partial charge in [0.1, 0.15) is 16.5 Å². The monoisotopic (exact) mass is 191 g/mol. The van der Waals surface area contributed by atoms with Gasteiger partial charge in [0.05, 0.1) is 5.39 Å². The van der Waals surface area contributed by atoms with Crippen LogP contribution in [0.25, 0.3) is 10.2 Å². The van der Waals surface area contributed by atoms with Crippen LogP contribution in [0.4, 0.5) is 5.82 Å². The molecule has 2 aromatic rings. The van der Waals surface area contributed by atoms with Gasteiger partial charge in [0, 0.05) is 6.42 Å². The van der Waals surface area contributed by atoms with Gasteiger partial charge in [0.25, 0.3) is 0 Å². The molecule has 0 radical (unpaired) electrons. The summed E-state index contributed by atoms with van der Waals surface area (Å²) in [5, 5.41) is 2.91. The Kier molecular flexibility index (Phi) is 1.98. The molecule has 0 amide bonds. The van der Waals surface area contributed by atoms with Crippen LogP contribution >= 0.6 is 11.3 Å². The van der Waals surface area contributed by atoms with Gasteiger partial charge >= 0.3 is 0 Å². The van der Waals surface area contributed by atoms with Gasteiger partial charge in [0.2, 0.25) is 0 Å². The molecule has 0 saturated carbocycles. The summed E-state index contributed by atoms with van der Waals surface area (Å²) < 4.78 is 0. The number of nitrogens with two attached hydrogens (primary N) is 1. The van der Waals surface area contributed by atoms with E-state index in [0.29, 0.717) is 12.2 Å². The van der Waals surface area contributed by atoms with Crippen molar-refractivity contribution >= 4 is 27.4 Å². The predicted molar refractivity (Wildman–Crippen MR) is 55.7 cm³/mol. The summed E-state index contributed by atoms with van der Waals surface area (Å²) in [6, 6.07) is 1.94. The maximum atomic E-state index is 5.75. The summed E-state index contributed by atoms with van der Waals surface area (Å²) >= 11 is 1.58. The molecular formula is C9H9N3S. The highest BCUT2D eigenvalue weighted by molar-refractivity contribution is 7.16. The number of hydrogen-bond donors (Lipinski definition) is 1. The van der Waals surface area contributed by atoms with Gasteiger partial charge in [-0.15, -0.1) is 17.9 Å². The maximum absolute atomic E-state index is 5.75. The van der Waals surface area contributed by atoms with Crippen molar-refractivity contribution < 1.29 is 0 Å². The van der Waals surface area contributed by atoms with Crippen LogP contribution in [-0.4, -0.2) is 9.97 Å². The third-order valence-corrected chi connectivity index (χ3v) is 2.53. The molecule has 0 aromatic carbocycles. The Morgan fingerprint density at radius 1 is 1.54 bits per heavy atom. The van der Waals surface area contributed by atoms with Crippen molar-refractivity contribution in [1.82, 2.24) is 9.97 Å². The number of nitrogen functional groups attached to an aromatic ring is 1. The molecule has 0 fully saturated rings. The molecule has 0 atom stereocenters. The summed E-state index contributed by atoms with van der Waals surface area (Å²) in [5.41, 5.74) is 5.75. The lowest BCUT2D eigenvalue weighted by Crippen LogP contribution is -1.98. The lowest BCUT2D eigenvalue weighted by molar-refractivity contribution is 1.03. The zero-order valence-corrected chi connectivity index (χ0v) is 7.84. The van der Waals surface area contributed by atoms with E-state index in [1.165, 1.54) is 0 Å². The molecule has 0 aliphatic rings. The summed E-state index contributed by atoms with van der Waals surface area (Å²) in [6.45, 7) is 3.64. The minimum atomic E-state index is 0.558. The van der Waals surface area contributed by atoms with Crippen LogP contribution in [-0.2, 0) is 6.42 Å². The van der Waals surface area contributed by atoms with Crippen molar-refractivity contribution in [3.8, 4) is 0 Å². The van der Waals surface area contributed by atoms with Crippen LogP contribution in [0.2, 0.25) is 0 Å². The second-order valence-corrected chi connectivity index (χ2v) is 3.55. The van der Waals surface area contributed by atoms with Crippen LogP contribution in [0.3, 0.4) is 0 Å². The van der Waals surface area contributed by atoms with Crippen molar-refractivity contribution in [3.63, 3.8) is 0 Å². The molecular weight excluding hydrogens is 182 g/mol. The van der Waals surface area contributed by atoms with Crippen molar-refractivity contribution in [2.75, 3.05) is 5.73 Å². The first-order chi connectivity index (χ1) is 6.31. The highest BCUT2D eigenvalue weighted by Gasteiger charge is 2.04. The number of rotatable bonds is 2. The van der Waals surface area contributed by atoms with Crippen LogP contribution in [0, 0.1) is 0 Å². The molecule has 4 heteroatoms. The molecule has 0 aliphatic carbocycles. The van der Waals surface area contributed by atoms with Crippen molar-refractivity contribution in [2.24, 2.45) is 0 Å². The van der Waals surface area contributed by atoms with Crippen molar-refractivity contribution in [1.29, 1.82) is 0 Å². The zero-order chi connectivity index (χ0) is 9.26. The molecule has 66 valence electrons. The Hall–Kier alpha value is -1.42. The summed E-state index contributed by atoms with van der Waals surface area (Å²) in [7, 11) is 0. The lowest BCUT2D eigenvalue weighted by atomic mass is 10.3. The largest absolute Gasteiger partial charge is 0.383 e. The van der Waals surface area contributed by atoms with Crippen LogP contribution in [0.15, 0.2) is 24.1 Å². The average Bonchev–Trinajstić information content (AvgIpc) is 2.53. The Morgan fingerprint density at radius 3 is 3.15 bits per heavy atom. The van der Waals surface area contributed by atoms with Gasteiger partial charge in [-0.25, -0.2) is 9.97 Å². The molecule has 2 N–H and O–H groups in total. The smallest absolute Gasteiger partial charge is 0.136 e. The number of hydrogen-bond acceptors (Lipinski definition) is 4. The molecule has 2 heterocycles. The molecule has 3 nitrogen and oxygen atoms in total. The molecule has 0 saturated heterocycles. The third-order valence-electron chi connectivity index (χ3n) is 1.73. The van der Waals surface area contributed by atoms with Gasteiger partial charge in [0.15, 0.2) is 0 Å². The van der Waals surface area contributed by atoms with Crippen molar-refractivity contribution in [2.45, 2.75) is 6.42 Å². The predicted octanol–water partition coefficient (Wildman–Crippen LogP) is 2.00. The first kappa shape index (κ1) is 8.19. The normalized spacial score (nSPS) is 10.5. The SMILES string of the molecule is C=CCc1nc(N)c2ccsc2n1. The molecule has 13 heavy (non-hydrogen) atoms. The fourth-order valence-electron chi connectivity index (χ4n) is 1.14. The fourth-order valence-corrected chi connectivity index (χ4v) is 1.94. The van der Waals surface area contributed by atoms with E-state index in [1.807, 2.05) is 11.4 Å². The van der Waals surface area contributed by atoms with Crippen LogP contribution < -0.4 is 5.73 Å². The van der Waals surface area contributed by atoms with E-state index >= 15 is 0 Å². The Balaban J connectivity index is 2.62. The number of aromatic nitrogens is 2. The van der Waals surface area contributed by atoms with E-state index in [1.54, 1.807) is 17.4 Å². The van der Waals surface area contributed by atoms with Crippen molar-refractivity contribution in [3.05, 3.63) is 29.9 Å². The zero-order valence-electron chi connectivity index (χ0n) is 7.03. The highest BCUT2D eigenvalue weighted by Crippen LogP contribution is 2.22. The first-order valence-electron chi connectivity index (χ1n) is 3.91. The van der Waals surface area contributed by atoms with Crippen LogP contribution in [0.5, 0.6) is 0 Å². The Morgan fingerprint density at radius 2 is 2.38 bits per heavy atom. The van der Waals surface area contributed by atoms with Gasteiger partial charge < -0.3 is 5.73 Å². The Bertz CT molecular complexity index is 447. The molecule has 0 spiro atoms. The highest BCUT2D eigenvalue weighted by atomic mass is 32.1. The number of nitrogens with zero attached hydrogens (tertiary/aromatic N) is 2. The van der Waals surface area contributed by atoms with Gasteiger partial charge in [-0.3, -0.25) is 0 Å². The standard InChI is InChI=1S/C9H9N3S/c1-2-3-7-11-8(10)6-4-5-13-9(6)12-7/h2,4-5H,1,3H2,(H2,10,11,12). The van der Waals surface area contributed by atoms with E-state index in [4.69, 9.17) is 5.73 Å².